The number of hydrogen-bond acceptors (Lipinski definition) is 2. The van der Waals surface area contributed by atoms with Crippen molar-refractivity contribution in [3.63, 3.8) is 0 Å². The van der Waals surface area contributed by atoms with Crippen LogP contribution in [0.2, 0.25) is 0 Å². The van der Waals surface area contributed by atoms with Gasteiger partial charge in [-0.1, -0.05) is 12.1 Å². The fourth-order valence-corrected chi connectivity index (χ4v) is 0.633. The van der Waals surface area contributed by atoms with Gasteiger partial charge in [0.2, 0.25) is 0 Å². The number of nitrogens with zero attached hydrogens (tertiary/aromatic N) is 1. The largest absolute Gasteiger partial charge is 0.294 e. The molecular weight excluding hydrogens is 132 g/mol. The second-order valence-corrected chi connectivity index (χ2v) is 1.77. The molecule has 0 saturated carbocycles. The number of nitrogens with one attached hydrogen (secondary N) is 1. The van der Waals surface area contributed by atoms with Crippen molar-refractivity contribution in [1.82, 2.24) is 5.73 Å². The number of para-hydroxylation sites is 1. The smallest absolute Gasteiger partial charge is 0.294 e. The van der Waals surface area contributed by atoms with Gasteiger partial charge < -0.3 is 0 Å². The van der Waals surface area contributed by atoms with E-state index in [1.807, 2.05) is 0 Å². The van der Waals surface area contributed by atoms with E-state index in [0.717, 1.165) is 0 Å². The maximum Gasteiger partial charge on any atom is 0.294 e. The van der Waals surface area contributed by atoms with Crippen LogP contribution in [0.5, 0.6) is 0 Å². The van der Waals surface area contributed by atoms with Crippen LogP contribution in [-0.2, 0) is 0 Å². The van der Waals surface area contributed by atoms with Gasteiger partial charge in [0.1, 0.15) is 5.69 Å². The molecule has 1 rings (SSSR count). The predicted octanol–water partition coefficient (Wildman–Crippen LogP) is 1.51. The molecule has 0 atom stereocenters. The van der Waals surface area contributed by atoms with Crippen LogP contribution in [0.25, 0.3) is 0 Å². The van der Waals surface area contributed by atoms with Crippen molar-refractivity contribution in [2.75, 3.05) is 0 Å². The summed E-state index contributed by atoms with van der Waals surface area (Å²) in [6, 6.07) is 5.83. The lowest BCUT2D eigenvalue weighted by molar-refractivity contribution is -0.384. The van der Waals surface area contributed by atoms with Crippen LogP contribution in [0.1, 0.15) is 0 Å². The zero-order chi connectivity index (χ0) is 7.56. The minimum atomic E-state index is -0.567. The summed E-state index contributed by atoms with van der Waals surface area (Å²) >= 11 is 0. The van der Waals surface area contributed by atoms with Gasteiger partial charge in [-0.25, -0.2) is 0 Å². The second kappa shape index (κ2) is 2.34. The summed E-state index contributed by atoms with van der Waals surface area (Å²) in [6.45, 7) is 0. The second-order valence-electron chi connectivity index (χ2n) is 1.77. The van der Waals surface area contributed by atoms with E-state index in [-0.39, 0.29) is 11.4 Å². The van der Waals surface area contributed by atoms with Crippen LogP contribution in [0.3, 0.4) is 0 Å². The molecule has 0 aromatic heterocycles. The molecule has 0 aliphatic carbocycles. The molecule has 0 aliphatic rings. The number of nitro benzene ring substituents is 1. The topological polar surface area (TPSA) is 66.9 Å². The van der Waals surface area contributed by atoms with Crippen molar-refractivity contribution in [3.8, 4) is 0 Å². The van der Waals surface area contributed by atoms with Crippen LogP contribution in [0, 0.1) is 10.1 Å². The van der Waals surface area contributed by atoms with Gasteiger partial charge in [-0.3, -0.25) is 15.8 Å². The summed E-state index contributed by atoms with van der Waals surface area (Å²) in [6.07, 6.45) is 0. The Kier molecular flexibility index (Phi) is 1.53. The lowest BCUT2D eigenvalue weighted by Gasteiger charge is -1.91. The van der Waals surface area contributed by atoms with Crippen molar-refractivity contribution in [2.24, 2.45) is 0 Å². The van der Waals surface area contributed by atoms with Crippen molar-refractivity contribution < 1.29 is 4.92 Å². The highest BCUT2D eigenvalue weighted by Crippen LogP contribution is 2.20. The minimum absolute atomic E-state index is 0.0486. The van der Waals surface area contributed by atoms with Crippen molar-refractivity contribution in [1.29, 1.82) is 0 Å². The molecule has 0 heterocycles. The Hall–Kier alpha value is -1.58. The Labute approximate surface area is 57.4 Å². The molecule has 0 saturated heterocycles. The van der Waals surface area contributed by atoms with Crippen LogP contribution >= 0.6 is 0 Å². The molecular formula is C6H5N2O2. The molecule has 4 heteroatoms. The summed E-state index contributed by atoms with van der Waals surface area (Å²) in [7, 11) is 0. The van der Waals surface area contributed by atoms with Gasteiger partial charge in [0, 0.05) is 6.07 Å². The van der Waals surface area contributed by atoms with Gasteiger partial charge in [0.25, 0.3) is 5.69 Å². The lowest BCUT2D eigenvalue weighted by Crippen LogP contribution is -1.88. The van der Waals surface area contributed by atoms with Gasteiger partial charge in [0.05, 0.1) is 4.92 Å². The number of hydrogen-bond donors (Lipinski definition) is 0. The standard InChI is InChI=1S/C6H5N2O2/c7-5-3-1-2-4-6(5)8(9)10/h1-4,7H. The fourth-order valence-electron chi connectivity index (χ4n) is 0.633. The molecule has 4 nitrogen and oxygen atoms in total. The van der Waals surface area contributed by atoms with Gasteiger partial charge in [-0.15, -0.1) is 0 Å². The summed E-state index contributed by atoms with van der Waals surface area (Å²) in [5.74, 6) is 0. The number of benzene rings is 1. The number of nitro groups is 1. The third-order valence-electron chi connectivity index (χ3n) is 1.10. The molecule has 0 aliphatic heterocycles. The molecule has 1 N–H and O–H groups in total. The molecule has 0 spiro atoms. The van der Waals surface area contributed by atoms with Gasteiger partial charge >= 0.3 is 0 Å². The summed E-state index contributed by atoms with van der Waals surface area (Å²) in [5.41, 5.74) is 6.86. The summed E-state index contributed by atoms with van der Waals surface area (Å²) in [5, 5.41) is 10.1. The van der Waals surface area contributed by atoms with Crippen LogP contribution < -0.4 is 5.73 Å². The molecule has 0 bridgehead atoms. The van der Waals surface area contributed by atoms with Crippen molar-refractivity contribution >= 4 is 11.4 Å². The van der Waals surface area contributed by atoms with E-state index in [1.54, 1.807) is 6.07 Å². The lowest BCUT2D eigenvalue weighted by atomic mass is 10.3. The first-order valence-corrected chi connectivity index (χ1v) is 2.67. The average molecular weight is 137 g/mol. The summed E-state index contributed by atoms with van der Waals surface area (Å²) in [4.78, 5) is 9.54. The first-order chi connectivity index (χ1) is 4.72. The molecule has 1 radical (unpaired) electrons. The van der Waals surface area contributed by atoms with E-state index in [1.165, 1.54) is 18.2 Å². The van der Waals surface area contributed by atoms with E-state index in [4.69, 9.17) is 5.73 Å². The zero-order valence-electron chi connectivity index (χ0n) is 5.07. The normalized spacial score (nSPS) is 9.20. The van der Waals surface area contributed by atoms with Crippen molar-refractivity contribution in [2.45, 2.75) is 0 Å². The number of rotatable bonds is 1. The third-order valence-corrected chi connectivity index (χ3v) is 1.10. The predicted molar refractivity (Wildman–Crippen MR) is 35.9 cm³/mol. The van der Waals surface area contributed by atoms with Gasteiger partial charge in [0.15, 0.2) is 0 Å². The summed E-state index contributed by atoms with van der Waals surface area (Å²) < 4.78 is 0. The Morgan fingerprint density at radius 3 is 2.40 bits per heavy atom. The molecule has 1 aromatic rings. The Morgan fingerprint density at radius 1 is 1.40 bits per heavy atom. The van der Waals surface area contributed by atoms with Crippen LogP contribution in [-0.4, -0.2) is 4.92 Å². The van der Waals surface area contributed by atoms with Crippen LogP contribution in [0.4, 0.5) is 11.4 Å². The molecule has 0 fully saturated rings. The molecule has 10 heavy (non-hydrogen) atoms. The zero-order valence-corrected chi connectivity index (χ0v) is 5.07. The molecule has 1 aromatic carbocycles. The van der Waals surface area contributed by atoms with E-state index >= 15 is 0 Å². The maximum atomic E-state index is 10.1. The van der Waals surface area contributed by atoms with E-state index in [0.29, 0.717) is 0 Å². The highest BCUT2D eigenvalue weighted by Gasteiger charge is 2.07. The van der Waals surface area contributed by atoms with E-state index in [2.05, 4.69) is 0 Å². The average Bonchev–Trinajstić information content (AvgIpc) is 1.88. The SMILES string of the molecule is [NH]c1ccccc1[N+](=O)[O-]. The van der Waals surface area contributed by atoms with Crippen LogP contribution in [0.15, 0.2) is 24.3 Å². The minimum Gasteiger partial charge on any atom is -0.294 e. The maximum absolute atomic E-state index is 10.1. The van der Waals surface area contributed by atoms with E-state index in [9.17, 15) is 10.1 Å². The first kappa shape index (κ1) is 6.54. The Balaban J connectivity index is 3.15. The van der Waals surface area contributed by atoms with E-state index < -0.39 is 4.92 Å². The Morgan fingerprint density at radius 2 is 2.00 bits per heavy atom. The third kappa shape index (κ3) is 1.05. The Bertz CT molecular complexity index is 260. The van der Waals surface area contributed by atoms with Gasteiger partial charge in [-0.05, 0) is 6.07 Å². The molecule has 0 amide bonds. The molecule has 51 valence electrons. The molecule has 0 unspecified atom stereocenters. The first-order valence-electron chi connectivity index (χ1n) is 2.67. The fraction of sp³-hybridized carbons (Fsp3) is 0. The quantitative estimate of drug-likeness (QED) is 0.434. The highest BCUT2D eigenvalue weighted by molar-refractivity contribution is 5.54. The van der Waals surface area contributed by atoms with Gasteiger partial charge in [-0.2, -0.15) is 0 Å². The van der Waals surface area contributed by atoms with Crippen molar-refractivity contribution in [3.05, 3.63) is 34.4 Å². The monoisotopic (exact) mass is 137 g/mol. The highest BCUT2D eigenvalue weighted by atomic mass is 16.6.